The van der Waals surface area contributed by atoms with Crippen molar-refractivity contribution in [2.24, 2.45) is 5.92 Å². The highest BCUT2D eigenvalue weighted by atomic mass is 16.3. The van der Waals surface area contributed by atoms with Crippen molar-refractivity contribution in [2.75, 3.05) is 13.1 Å². The molecular weight excluding hydrogens is 186 g/mol. The molecule has 0 aromatic heterocycles. The number of nitrogens with one attached hydrogen (secondary N) is 1. The van der Waals surface area contributed by atoms with Crippen LogP contribution in [0.25, 0.3) is 0 Å². The van der Waals surface area contributed by atoms with E-state index in [2.05, 4.69) is 17.2 Å². The third kappa shape index (κ3) is 5.81. The zero-order valence-electron chi connectivity index (χ0n) is 9.76. The minimum absolute atomic E-state index is 0.164. The predicted molar refractivity (Wildman–Crippen MR) is 63.5 cm³/mol. The molecule has 0 radical (unpaired) electrons. The summed E-state index contributed by atoms with van der Waals surface area (Å²) in [4.78, 5) is 0. The van der Waals surface area contributed by atoms with E-state index in [-0.39, 0.29) is 6.10 Å². The first-order valence-electron chi connectivity index (χ1n) is 6.11. The summed E-state index contributed by atoms with van der Waals surface area (Å²) in [6, 6.07) is 0. The standard InChI is InChI=1S/C13H23NO/c1-2-3-6-9-14-11-13(15)10-12-7-4-5-8-12/h12-15H,4-11H2,1H3. The van der Waals surface area contributed by atoms with Crippen molar-refractivity contribution in [3.63, 3.8) is 0 Å². The molecule has 0 amide bonds. The average molecular weight is 209 g/mol. The van der Waals surface area contributed by atoms with E-state index in [4.69, 9.17) is 0 Å². The van der Waals surface area contributed by atoms with Crippen LogP contribution in [-0.4, -0.2) is 24.3 Å². The molecule has 86 valence electrons. The van der Waals surface area contributed by atoms with Gasteiger partial charge in [-0.2, -0.15) is 0 Å². The molecule has 1 fully saturated rings. The summed E-state index contributed by atoms with van der Waals surface area (Å²) in [5, 5.41) is 13.0. The SMILES string of the molecule is CC#CCCNCC(O)CC1CCCC1. The molecule has 1 atom stereocenters. The Morgan fingerprint density at radius 3 is 2.80 bits per heavy atom. The monoisotopic (exact) mass is 209 g/mol. The minimum atomic E-state index is -0.164. The van der Waals surface area contributed by atoms with Crippen molar-refractivity contribution in [2.45, 2.75) is 51.6 Å². The maximum atomic E-state index is 9.77. The average Bonchev–Trinajstić information content (AvgIpc) is 2.70. The lowest BCUT2D eigenvalue weighted by Crippen LogP contribution is -2.28. The van der Waals surface area contributed by atoms with Gasteiger partial charge in [-0.15, -0.1) is 11.8 Å². The molecule has 1 rings (SSSR count). The normalized spacial score (nSPS) is 18.5. The van der Waals surface area contributed by atoms with Crippen LogP contribution in [0.15, 0.2) is 0 Å². The molecule has 0 aromatic rings. The summed E-state index contributed by atoms with van der Waals surface area (Å²) in [5.74, 6) is 6.64. The van der Waals surface area contributed by atoms with Crippen molar-refractivity contribution in [3.05, 3.63) is 0 Å². The van der Waals surface area contributed by atoms with Gasteiger partial charge in [0.05, 0.1) is 6.10 Å². The minimum Gasteiger partial charge on any atom is -0.392 e. The number of hydrogen-bond donors (Lipinski definition) is 2. The van der Waals surface area contributed by atoms with Gasteiger partial charge in [0.2, 0.25) is 0 Å². The third-order valence-corrected chi connectivity index (χ3v) is 3.06. The molecule has 0 saturated heterocycles. The lowest BCUT2D eigenvalue weighted by molar-refractivity contribution is 0.141. The fourth-order valence-corrected chi connectivity index (χ4v) is 2.26. The largest absolute Gasteiger partial charge is 0.392 e. The molecule has 0 heterocycles. The fourth-order valence-electron chi connectivity index (χ4n) is 2.26. The van der Waals surface area contributed by atoms with E-state index in [1.807, 2.05) is 6.92 Å². The molecule has 2 N–H and O–H groups in total. The van der Waals surface area contributed by atoms with E-state index in [0.29, 0.717) is 0 Å². The molecule has 2 nitrogen and oxygen atoms in total. The molecule has 2 heteroatoms. The molecule has 0 spiro atoms. The maximum absolute atomic E-state index is 9.77. The van der Waals surface area contributed by atoms with E-state index in [1.54, 1.807) is 0 Å². The van der Waals surface area contributed by atoms with E-state index in [0.717, 1.165) is 31.8 Å². The van der Waals surface area contributed by atoms with Gasteiger partial charge in [0.1, 0.15) is 0 Å². The molecule has 1 unspecified atom stereocenters. The molecule has 1 aliphatic rings. The number of aliphatic hydroxyl groups excluding tert-OH is 1. The Balaban J connectivity index is 1.96. The van der Waals surface area contributed by atoms with Crippen molar-refractivity contribution in [1.29, 1.82) is 0 Å². The van der Waals surface area contributed by atoms with Crippen LogP contribution >= 0.6 is 0 Å². The van der Waals surface area contributed by atoms with Crippen molar-refractivity contribution in [1.82, 2.24) is 5.32 Å². The quantitative estimate of drug-likeness (QED) is 0.517. The number of hydrogen-bond acceptors (Lipinski definition) is 2. The Bertz CT molecular complexity index is 210. The molecule has 0 aromatic carbocycles. The van der Waals surface area contributed by atoms with Crippen molar-refractivity contribution < 1.29 is 5.11 Å². The van der Waals surface area contributed by atoms with Crippen LogP contribution in [0.1, 0.15) is 45.4 Å². The van der Waals surface area contributed by atoms with Crippen LogP contribution in [0.2, 0.25) is 0 Å². The topological polar surface area (TPSA) is 32.3 Å². The second kappa shape index (κ2) is 7.73. The van der Waals surface area contributed by atoms with Gasteiger partial charge in [0.25, 0.3) is 0 Å². The lowest BCUT2D eigenvalue weighted by atomic mass is 10.0. The van der Waals surface area contributed by atoms with Crippen LogP contribution < -0.4 is 5.32 Å². The summed E-state index contributed by atoms with van der Waals surface area (Å²) in [6.45, 7) is 3.47. The highest BCUT2D eigenvalue weighted by Gasteiger charge is 2.18. The second-order valence-electron chi connectivity index (χ2n) is 4.42. The van der Waals surface area contributed by atoms with Crippen molar-refractivity contribution in [3.8, 4) is 11.8 Å². The molecule has 1 saturated carbocycles. The summed E-state index contributed by atoms with van der Waals surface area (Å²) >= 11 is 0. The predicted octanol–water partition coefficient (Wildman–Crippen LogP) is 1.93. The van der Waals surface area contributed by atoms with Crippen LogP contribution in [-0.2, 0) is 0 Å². The van der Waals surface area contributed by atoms with Gasteiger partial charge in [-0.1, -0.05) is 25.7 Å². The Hall–Kier alpha value is -0.520. The van der Waals surface area contributed by atoms with Gasteiger partial charge in [0.15, 0.2) is 0 Å². The van der Waals surface area contributed by atoms with E-state index >= 15 is 0 Å². The van der Waals surface area contributed by atoms with Crippen molar-refractivity contribution >= 4 is 0 Å². The van der Waals surface area contributed by atoms with Crippen LogP contribution in [0.5, 0.6) is 0 Å². The first-order chi connectivity index (χ1) is 7.33. The van der Waals surface area contributed by atoms with Gasteiger partial charge in [0, 0.05) is 19.5 Å². The molecule has 1 aliphatic carbocycles. The number of rotatable bonds is 6. The highest BCUT2D eigenvalue weighted by molar-refractivity contribution is 4.95. The van der Waals surface area contributed by atoms with Crippen LogP contribution in [0.3, 0.4) is 0 Å². The van der Waals surface area contributed by atoms with Crippen LogP contribution in [0, 0.1) is 17.8 Å². The highest BCUT2D eigenvalue weighted by Crippen LogP contribution is 2.28. The van der Waals surface area contributed by atoms with Gasteiger partial charge in [-0.05, 0) is 19.3 Å². The smallest absolute Gasteiger partial charge is 0.0667 e. The Morgan fingerprint density at radius 1 is 1.40 bits per heavy atom. The first kappa shape index (κ1) is 12.5. The Kier molecular flexibility index (Phi) is 6.47. The van der Waals surface area contributed by atoms with E-state index in [9.17, 15) is 5.11 Å². The van der Waals surface area contributed by atoms with Gasteiger partial charge in [-0.3, -0.25) is 0 Å². The zero-order chi connectivity index (χ0) is 10.9. The van der Waals surface area contributed by atoms with Gasteiger partial charge < -0.3 is 10.4 Å². The van der Waals surface area contributed by atoms with Gasteiger partial charge >= 0.3 is 0 Å². The molecule has 15 heavy (non-hydrogen) atoms. The van der Waals surface area contributed by atoms with Crippen LogP contribution in [0.4, 0.5) is 0 Å². The Morgan fingerprint density at radius 2 is 2.13 bits per heavy atom. The van der Waals surface area contributed by atoms with Gasteiger partial charge in [-0.25, -0.2) is 0 Å². The fraction of sp³-hybridized carbons (Fsp3) is 0.846. The lowest BCUT2D eigenvalue weighted by Gasteiger charge is -2.15. The second-order valence-corrected chi connectivity index (χ2v) is 4.42. The molecular formula is C13H23NO. The summed E-state index contributed by atoms with van der Waals surface area (Å²) in [6.07, 6.45) is 7.05. The maximum Gasteiger partial charge on any atom is 0.0667 e. The third-order valence-electron chi connectivity index (χ3n) is 3.06. The first-order valence-corrected chi connectivity index (χ1v) is 6.11. The van der Waals surface area contributed by atoms with E-state index in [1.165, 1.54) is 25.7 Å². The summed E-state index contributed by atoms with van der Waals surface area (Å²) in [5.41, 5.74) is 0. The Labute approximate surface area is 93.5 Å². The molecule has 0 bridgehead atoms. The van der Waals surface area contributed by atoms with E-state index < -0.39 is 0 Å². The molecule has 0 aliphatic heterocycles. The summed E-state index contributed by atoms with van der Waals surface area (Å²) < 4.78 is 0. The zero-order valence-corrected chi connectivity index (χ0v) is 9.76. The summed E-state index contributed by atoms with van der Waals surface area (Å²) in [7, 11) is 0. The number of aliphatic hydroxyl groups is 1.